The number of benzene rings is 1. The molecule has 2 aliphatic heterocycles. The van der Waals surface area contributed by atoms with Gasteiger partial charge in [0.1, 0.15) is 0 Å². The van der Waals surface area contributed by atoms with Gasteiger partial charge >= 0.3 is 0 Å². The Morgan fingerprint density at radius 3 is 2.50 bits per heavy atom. The van der Waals surface area contributed by atoms with E-state index in [0.717, 1.165) is 31.6 Å². The summed E-state index contributed by atoms with van der Waals surface area (Å²) in [6, 6.07) is 8.80. The molecule has 0 bridgehead atoms. The fraction of sp³-hybridized carbons (Fsp3) is 0.611. The quantitative estimate of drug-likeness (QED) is 0.861. The van der Waals surface area contributed by atoms with Gasteiger partial charge in [0.2, 0.25) is 0 Å². The molecule has 3 nitrogen and oxygen atoms in total. The molecule has 2 fully saturated rings. The van der Waals surface area contributed by atoms with Gasteiger partial charge in [-0.2, -0.15) is 0 Å². The zero-order chi connectivity index (χ0) is 15.0. The number of likely N-dealkylation sites (tertiary alicyclic amines) is 1. The number of carbonyl (C=O) groups is 1. The summed E-state index contributed by atoms with van der Waals surface area (Å²) in [6.07, 6.45) is 2.30. The molecule has 0 spiro atoms. The Kier molecular flexibility index (Phi) is 5.18. The molecule has 22 heavy (non-hydrogen) atoms. The number of rotatable bonds is 1. The predicted molar refractivity (Wildman–Crippen MR) is 92.8 cm³/mol. The smallest absolute Gasteiger partial charge is 0.253 e. The molecule has 1 N–H and O–H groups in total. The average Bonchev–Trinajstić information content (AvgIpc) is 2.93. The molecule has 0 aliphatic carbocycles. The first-order chi connectivity index (χ1) is 9.95. The second-order valence-electron chi connectivity index (χ2n) is 7.48. The van der Waals surface area contributed by atoms with Crippen molar-refractivity contribution in [2.75, 3.05) is 19.6 Å². The Bertz CT molecular complexity index is 521. The van der Waals surface area contributed by atoms with E-state index in [1.54, 1.807) is 0 Å². The van der Waals surface area contributed by atoms with Crippen molar-refractivity contribution in [2.45, 2.75) is 45.1 Å². The number of halogens is 1. The molecule has 4 heteroatoms. The van der Waals surface area contributed by atoms with E-state index in [4.69, 9.17) is 0 Å². The van der Waals surface area contributed by atoms with Gasteiger partial charge in [0.15, 0.2) is 0 Å². The van der Waals surface area contributed by atoms with Crippen LogP contribution in [0.25, 0.3) is 0 Å². The first-order valence-electron chi connectivity index (χ1n) is 8.08. The normalized spacial score (nSPS) is 24.6. The van der Waals surface area contributed by atoms with E-state index >= 15 is 0 Å². The molecule has 0 saturated carbocycles. The molecule has 2 aliphatic rings. The van der Waals surface area contributed by atoms with Crippen molar-refractivity contribution in [2.24, 2.45) is 5.92 Å². The van der Waals surface area contributed by atoms with Crippen LogP contribution in [0.15, 0.2) is 24.3 Å². The summed E-state index contributed by atoms with van der Waals surface area (Å²) in [5, 5.41) is 3.54. The van der Waals surface area contributed by atoms with Crippen molar-refractivity contribution in [3.05, 3.63) is 35.4 Å². The minimum atomic E-state index is 0. The molecule has 3 rings (SSSR count). The highest BCUT2D eigenvalue weighted by Crippen LogP contribution is 2.26. The molecule has 122 valence electrons. The predicted octanol–water partition coefficient (Wildman–Crippen LogP) is 3.23. The van der Waals surface area contributed by atoms with Crippen molar-refractivity contribution >= 4 is 18.3 Å². The Morgan fingerprint density at radius 2 is 1.86 bits per heavy atom. The second-order valence-corrected chi connectivity index (χ2v) is 7.48. The maximum Gasteiger partial charge on any atom is 0.253 e. The van der Waals surface area contributed by atoms with Crippen LogP contribution in [0.1, 0.15) is 49.5 Å². The lowest BCUT2D eigenvalue weighted by atomic mass is 9.86. The number of piperidine rings is 1. The third-order valence-electron chi connectivity index (χ3n) is 4.94. The van der Waals surface area contributed by atoms with E-state index < -0.39 is 0 Å². The molecule has 2 saturated heterocycles. The standard InChI is InChI=1S/C18H26N2O.ClH/c1-18(2,3)15-6-4-13(5-7-15)17(21)20-11-9-16-14(12-20)8-10-19-16;/h4-7,14,16,19H,8-12H2,1-3H3;1H. The minimum absolute atomic E-state index is 0. The highest BCUT2D eigenvalue weighted by molar-refractivity contribution is 5.94. The molecule has 0 aromatic heterocycles. The van der Waals surface area contributed by atoms with Gasteiger partial charge in [0.05, 0.1) is 0 Å². The zero-order valence-electron chi connectivity index (χ0n) is 13.8. The van der Waals surface area contributed by atoms with Crippen molar-refractivity contribution in [3.63, 3.8) is 0 Å². The van der Waals surface area contributed by atoms with Crippen LogP contribution in [0.4, 0.5) is 0 Å². The number of amides is 1. The molecule has 1 aromatic rings. The molecular weight excluding hydrogens is 296 g/mol. The van der Waals surface area contributed by atoms with Gasteiger partial charge in [-0.05, 0) is 48.4 Å². The summed E-state index contributed by atoms with van der Waals surface area (Å²) in [5.74, 6) is 0.845. The van der Waals surface area contributed by atoms with Gasteiger partial charge < -0.3 is 10.2 Å². The van der Waals surface area contributed by atoms with E-state index in [0.29, 0.717) is 12.0 Å². The van der Waals surface area contributed by atoms with Gasteiger partial charge in [0.25, 0.3) is 5.91 Å². The van der Waals surface area contributed by atoms with Gasteiger partial charge in [-0.1, -0.05) is 32.9 Å². The van der Waals surface area contributed by atoms with E-state index in [2.05, 4.69) is 38.2 Å². The van der Waals surface area contributed by atoms with E-state index in [-0.39, 0.29) is 23.7 Å². The topological polar surface area (TPSA) is 32.3 Å². The van der Waals surface area contributed by atoms with Crippen LogP contribution in [0, 0.1) is 5.92 Å². The number of fused-ring (bicyclic) bond motifs is 1. The second kappa shape index (κ2) is 6.59. The van der Waals surface area contributed by atoms with Crippen molar-refractivity contribution in [1.82, 2.24) is 10.2 Å². The van der Waals surface area contributed by atoms with Crippen LogP contribution in [0.5, 0.6) is 0 Å². The fourth-order valence-corrected chi connectivity index (χ4v) is 3.53. The number of hydrogen-bond acceptors (Lipinski definition) is 2. The van der Waals surface area contributed by atoms with Crippen molar-refractivity contribution in [1.29, 1.82) is 0 Å². The molecular formula is C18H27ClN2O. The molecule has 1 amide bonds. The van der Waals surface area contributed by atoms with Crippen LogP contribution in [0.2, 0.25) is 0 Å². The Hall–Kier alpha value is -1.06. The molecule has 2 unspecified atom stereocenters. The maximum absolute atomic E-state index is 12.7. The highest BCUT2D eigenvalue weighted by Gasteiger charge is 2.34. The van der Waals surface area contributed by atoms with Gasteiger partial charge in [-0.25, -0.2) is 0 Å². The summed E-state index contributed by atoms with van der Waals surface area (Å²) >= 11 is 0. The third-order valence-corrected chi connectivity index (χ3v) is 4.94. The van der Waals surface area contributed by atoms with Crippen molar-refractivity contribution in [3.8, 4) is 0 Å². The van der Waals surface area contributed by atoms with Crippen LogP contribution in [0.3, 0.4) is 0 Å². The van der Waals surface area contributed by atoms with E-state index in [1.165, 1.54) is 12.0 Å². The first kappa shape index (κ1) is 17.3. The van der Waals surface area contributed by atoms with Crippen LogP contribution in [-0.4, -0.2) is 36.5 Å². The van der Waals surface area contributed by atoms with E-state index in [1.807, 2.05) is 17.0 Å². The van der Waals surface area contributed by atoms with E-state index in [9.17, 15) is 4.79 Å². The third kappa shape index (κ3) is 3.47. The summed E-state index contributed by atoms with van der Waals surface area (Å²) in [7, 11) is 0. The minimum Gasteiger partial charge on any atom is -0.338 e. The Morgan fingerprint density at radius 1 is 1.18 bits per heavy atom. The fourth-order valence-electron chi connectivity index (χ4n) is 3.53. The number of nitrogens with zero attached hydrogens (tertiary/aromatic N) is 1. The Labute approximate surface area is 139 Å². The highest BCUT2D eigenvalue weighted by atomic mass is 35.5. The number of nitrogens with one attached hydrogen (secondary N) is 1. The van der Waals surface area contributed by atoms with Crippen LogP contribution in [-0.2, 0) is 5.41 Å². The van der Waals surface area contributed by atoms with Crippen LogP contribution < -0.4 is 5.32 Å². The zero-order valence-corrected chi connectivity index (χ0v) is 14.6. The lowest BCUT2D eigenvalue weighted by Crippen LogP contribution is -2.46. The average molecular weight is 323 g/mol. The molecule has 2 atom stereocenters. The van der Waals surface area contributed by atoms with Gasteiger partial charge in [-0.3, -0.25) is 4.79 Å². The van der Waals surface area contributed by atoms with Gasteiger partial charge in [-0.15, -0.1) is 12.4 Å². The largest absolute Gasteiger partial charge is 0.338 e. The number of hydrogen-bond donors (Lipinski definition) is 1. The summed E-state index contributed by atoms with van der Waals surface area (Å²) in [6.45, 7) is 9.49. The van der Waals surface area contributed by atoms with Gasteiger partial charge in [0, 0.05) is 24.7 Å². The first-order valence-corrected chi connectivity index (χ1v) is 8.08. The molecule has 0 radical (unpaired) electrons. The lowest BCUT2D eigenvalue weighted by molar-refractivity contribution is 0.0662. The van der Waals surface area contributed by atoms with Crippen LogP contribution >= 0.6 is 12.4 Å². The number of carbonyl (C=O) groups excluding carboxylic acids is 1. The Balaban J connectivity index is 0.00000176. The summed E-state index contributed by atoms with van der Waals surface area (Å²) < 4.78 is 0. The molecule has 2 heterocycles. The molecule has 1 aromatic carbocycles. The summed E-state index contributed by atoms with van der Waals surface area (Å²) in [5.41, 5.74) is 2.24. The lowest BCUT2D eigenvalue weighted by Gasteiger charge is -2.35. The maximum atomic E-state index is 12.7. The SMILES string of the molecule is CC(C)(C)c1ccc(C(=O)N2CCC3NCCC3C2)cc1.Cl. The summed E-state index contributed by atoms with van der Waals surface area (Å²) in [4.78, 5) is 14.7. The van der Waals surface area contributed by atoms with Crippen molar-refractivity contribution < 1.29 is 4.79 Å². The monoisotopic (exact) mass is 322 g/mol.